The van der Waals surface area contributed by atoms with Gasteiger partial charge in [0.25, 0.3) is 0 Å². The molecule has 12 N–H and O–H groups in total. The van der Waals surface area contributed by atoms with Crippen LogP contribution in [0.4, 0.5) is 28.8 Å². The molecule has 0 aliphatic carbocycles. The van der Waals surface area contributed by atoms with Gasteiger partial charge >= 0.3 is 36.6 Å². The fourth-order valence-electron chi connectivity index (χ4n) is 2.00. The molecule has 0 spiro atoms. The van der Waals surface area contributed by atoms with E-state index in [0.717, 1.165) is 0 Å². The molecule has 0 unspecified atom stereocenters. The Kier molecular flexibility index (Phi) is 14.0. The summed E-state index contributed by atoms with van der Waals surface area (Å²) in [5.41, 5.74) is 29.3. The van der Waals surface area contributed by atoms with Gasteiger partial charge in [-0.15, -0.1) is 0 Å². The number of amides is 6. The van der Waals surface area contributed by atoms with E-state index in [1.54, 1.807) is 0 Å². The number of hydrogen-bond donors (Lipinski definition) is 6. The lowest BCUT2D eigenvalue weighted by atomic mass is 10.0. The van der Waals surface area contributed by atoms with Gasteiger partial charge in [-0.3, -0.25) is 0 Å². The number of rotatable bonds is 11. The number of carbonyl (C=O) groups excluding carboxylic acids is 7. The van der Waals surface area contributed by atoms with E-state index in [9.17, 15) is 28.8 Å². The number of carbonyl (C=O) groups is 7. The Labute approximate surface area is 178 Å². The molecule has 0 rings (SSSR count). The second kappa shape index (κ2) is 15.2. The molecule has 32 heavy (non-hydrogen) atoms. The van der Waals surface area contributed by atoms with Crippen molar-refractivity contribution in [1.82, 2.24) is 0 Å². The molecule has 6 amide bonds. The Morgan fingerprint density at radius 1 is 0.500 bits per heavy atom. The number of nitrogens with two attached hydrogens (primary N) is 6. The van der Waals surface area contributed by atoms with E-state index in [-0.39, 0.29) is 0 Å². The molecule has 0 saturated heterocycles. The molecule has 19 nitrogen and oxygen atoms in total. The summed E-state index contributed by atoms with van der Waals surface area (Å²) in [6.07, 6.45) is -16.5. The van der Waals surface area contributed by atoms with E-state index in [2.05, 4.69) is 18.9 Å². The number of hydrogen-bond acceptors (Lipinski definition) is 13. The van der Waals surface area contributed by atoms with Gasteiger partial charge in [-0.1, -0.05) is 0 Å². The molecule has 4 atom stereocenters. The average Bonchev–Trinajstić information content (AvgIpc) is 2.65. The molecule has 19 heteroatoms. The summed E-state index contributed by atoms with van der Waals surface area (Å²) < 4.78 is 27.6. The van der Waals surface area contributed by atoms with E-state index in [1.807, 2.05) is 6.79 Å². The SMILES string of the molecule is C=O.NC(=O)OC[C@@H](OC(N)=O)[C@@H](OC(N)=O)[C@H](OC(N)=O)[C@@H](COC(N)=O)OC(N)=O. The standard InChI is InChI=1S/C12H20N6O12.CH2O/c13-7(19)25-1-3(27-9(15)21)5(29-11(17)23)6(30-12(18)24)4(28-10(16)22)2-26-8(14)20;1-2/h3-6H,1-2H2,(H2,13,19)(H2,14,20)(H2,15,21)(H2,16,22)(H2,17,23)(H2,18,24);1H2/t3-,4-,5-,6-;/m1./s1. The van der Waals surface area contributed by atoms with Crippen LogP contribution in [0.15, 0.2) is 0 Å². The van der Waals surface area contributed by atoms with Crippen molar-refractivity contribution in [3.05, 3.63) is 0 Å². The third-order valence-electron chi connectivity index (χ3n) is 2.88. The Bertz CT molecular complexity index is 633. The smallest absolute Gasteiger partial charge is 0.405 e. The van der Waals surface area contributed by atoms with Gasteiger partial charge in [0.1, 0.15) is 20.0 Å². The zero-order valence-corrected chi connectivity index (χ0v) is 16.2. The minimum Gasteiger partial charge on any atom is -0.446 e. The van der Waals surface area contributed by atoms with E-state index in [0.29, 0.717) is 0 Å². The van der Waals surface area contributed by atoms with Gasteiger partial charge in [-0.2, -0.15) is 0 Å². The number of ether oxygens (including phenoxy) is 6. The lowest BCUT2D eigenvalue weighted by Gasteiger charge is -2.34. The molecule has 0 radical (unpaired) electrons. The van der Waals surface area contributed by atoms with Crippen LogP contribution in [-0.4, -0.2) is 81.0 Å². The summed E-state index contributed by atoms with van der Waals surface area (Å²) in [5, 5.41) is 0. The molecule has 0 aromatic rings. The van der Waals surface area contributed by atoms with Crippen molar-refractivity contribution < 1.29 is 62.0 Å². The van der Waals surface area contributed by atoms with Crippen LogP contribution in [0.5, 0.6) is 0 Å². The largest absolute Gasteiger partial charge is 0.446 e. The van der Waals surface area contributed by atoms with Crippen LogP contribution in [0.1, 0.15) is 0 Å². The zero-order chi connectivity index (χ0) is 25.4. The Hall–Kier alpha value is -4.71. The maximum atomic E-state index is 11.3. The first-order valence-electron chi connectivity index (χ1n) is 7.81. The summed E-state index contributed by atoms with van der Waals surface area (Å²) in [6, 6.07) is 0. The van der Waals surface area contributed by atoms with Gasteiger partial charge in [0, 0.05) is 0 Å². The van der Waals surface area contributed by atoms with Gasteiger partial charge < -0.3 is 67.6 Å². The van der Waals surface area contributed by atoms with Gasteiger partial charge in [0.2, 0.25) is 0 Å². The van der Waals surface area contributed by atoms with Gasteiger partial charge in [0.05, 0.1) is 0 Å². The van der Waals surface area contributed by atoms with Crippen molar-refractivity contribution in [2.24, 2.45) is 34.4 Å². The van der Waals surface area contributed by atoms with E-state index < -0.39 is 74.2 Å². The van der Waals surface area contributed by atoms with Crippen molar-refractivity contribution in [3.8, 4) is 0 Å². The van der Waals surface area contributed by atoms with Crippen LogP contribution in [0, 0.1) is 0 Å². The van der Waals surface area contributed by atoms with Crippen molar-refractivity contribution >= 4 is 43.3 Å². The lowest BCUT2D eigenvalue weighted by molar-refractivity contribution is -0.126. The zero-order valence-electron chi connectivity index (χ0n) is 16.2. The summed E-state index contributed by atoms with van der Waals surface area (Å²) in [4.78, 5) is 74.8. The minimum absolute atomic E-state index is 0.922. The average molecular weight is 470 g/mol. The highest BCUT2D eigenvalue weighted by atomic mass is 16.7. The fourth-order valence-corrected chi connectivity index (χ4v) is 2.00. The molecule has 0 fully saturated rings. The molecule has 182 valence electrons. The highest BCUT2D eigenvalue weighted by molar-refractivity contribution is 5.68. The summed E-state index contributed by atoms with van der Waals surface area (Å²) in [5.74, 6) is 0. The van der Waals surface area contributed by atoms with Gasteiger partial charge in [0.15, 0.2) is 24.4 Å². The molecule has 0 saturated carbocycles. The van der Waals surface area contributed by atoms with Gasteiger partial charge in [-0.25, -0.2) is 28.8 Å². The van der Waals surface area contributed by atoms with Gasteiger partial charge in [-0.05, 0) is 0 Å². The summed E-state index contributed by atoms with van der Waals surface area (Å²) in [7, 11) is 0. The van der Waals surface area contributed by atoms with E-state index in [1.165, 1.54) is 0 Å². The Balaban J connectivity index is 0. The maximum Gasteiger partial charge on any atom is 0.405 e. The second-order valence-electron chi connectivity index (χ2n) is 5.01. The predicted octanol–water partition coefficient (Wildman–Crippen LogP) is -3.15. The molecular weight excluding hydrogens is 448 g/mol. The third-order valence-corrected chi connectivity index (χ3v) is 2.88. The quantitative estimate of drug-likeness (QED) is 0.163. The highest BCUT2D eigenvalue weighted by Gasteiger charge is 2.45. The Morgan fingerprint density at radius 2 is 0.750 bits per heavy atom. The summed E-state index contributed by atoms with van der Waals surface area (Å²) >= 11 is 0. The van der Waals surface area contributed by atoms with Crippen molar-refractivity contribution in [3.63, 3.8) is 0 Å². The fraction of sp³-hybridized carbons (Fsp3) is 0.462. The molecule has 0 aliphatic rings. The number of primary amides is 6. The molecule has 0 aromatic heterocycles. The van der Waals surface area contributed by atoms with E-state index >= 15 is 0 Å². The summed E-state index contributed by atoms with van der Waals surface area (Å²) in [6.45, 7) is 0.156. The van der Waals surface area contributed by atoms with Crippen molar-refractivity contribution in [1.29, 1.82) is 0 Å². The van der Waals surface area contributed by atoms with Crippen molar-refractivity contribution in [2.75, 3.05) is 13.2 Å². The third kappa shape index (κ3) is 13.5. The molecule has 0 aliphatic heterocycles. The minimum atomic E-state index is -2.01. The Morgan fingerprint density at radius 3 is 0.938 bits per heavy atom. The molecule has 0 aromatic carbocycles. The monoisotopic (exact) mass is 470 g/mol. The van der Waals surface area contributed by atoms with Crippen LogP contribution in [0.2, 0.25) is 0 Å². The first-order valence-corrected chi connectivity index (χ1v) is 7.81. The second-order valence-corrected chi connectivity index (χ2v) is 5.01. The predicted molar refractivity (Wildman–Crippen MR) is 96.0 cm³/mol. The van der Waals surface area contributed by atoms with Crippen LogP contribution in [0.25, 0.3) is 0 Å². The van der Waals surface area contributed by atoms with Crippen LogP contribution in [0.3, 0.4) is 0 Å². The maximum absolute atomic E-state index is 11.3. The molecule has 0 bridgehead atoms. The van der Waals surface area contributed by atoms with E-state index in [4.69, 9.17) is 48.7 Å². The lowest BCUT2D eigenvalue weighted by Crippen LogP contribution is -2.56. The normalized spacial score (nSPS) is 13.2. The van der Waals surface area contributed by atoms with Crippen LogP contribution in [-0.2, 0) is 33.2 Å². The first-order chi connectivity index (χ1) is 14.8. The highest BCUT2D eigenvalue weighted by Crippen LogP contribution is 2.20. The molecule has 0 heterocycles. The van der Waals surface area contributed by atoms with Crippen molar-refractivity contribution in [2.45, 2.75) is 24.4 Å². The van der Waals surface area contributed by atoms with Crippen LogP contribution < -0.4 is 34.4 Å². The molecular formula is C13H22N6O13. The van der Waals surface area contributed by atoms with Crippen LogP contribution >= 0.6 is 0 Å². The topological polar surface area (TPSA) is 331 Å². The first kappa shape index (κ1) is 29.5.